The Morgan fingerprint density at radius 3 is 2.53 bits per heavy atom. The summed E-state index contributed by atoms with van der Waals surface area (Å²) < 4.78 is 53.5. The average Bonchev–Trinajstić information content (AvgIpc) is 3.27. The van der Waals surface area contributed by atoms with Gasteiger partial charge in [0.15, 0.2) is 0 Å². The van der Waals surface area contributed by atoms with Crippen LogP contribution in [0.15, 0.2) is 69.9 Å². The first-order valence-electron chi connectivity index (χ1n) is 10.7. The number of ether oxygens (including phenoxy) is 1. The van der Waals surface area contributed by atoms with E-state index in [4.69, 9.17) is 20.8 Å². The number of thiazole rings is 1. The predicted octanol–water partition coefficient (Wildman–Crippen LogP) is 7.52. The van der Waals surface area contributed by atoms with Gasteiger partial charge in [0.25, 0.3) is 0 Å². The van der Waals surface area contributed by atoms with Crippen molar-refractivity contribution in [3.05, 3.63) is 92.8 Å². The van der Waals surface area contributed by atoms with Crippen LogP contribution >= 0.6 is 22.9 Å². The number of benzene rings is 3. The minimum atomic E-state index is -4.97. The smallest absolute Gasteiger partial charge is 0.450 e. The van der Waals surface area contributed by atoms with Gasteiger partial charge in [0.1, 0.15) is 21.9 Å². The molecule has 0 aliphatic rings. The Bertz CT molecular complexity index is 1670. The molecule has 36 heavy (non-hydrogen) atoms. The lowest BCUT2D eigenvalue weighted by molar-refractivity contribution is -0.152. The zero-order valence-corrected chi connectivity index (χ0v) is 20.1. The molecular formula is C26H15ClF3NO4S. The van der Waals surface area contributed by atoms with Crippen molar-refractivity contribution >= 4 is 50.1 Å². The Labute approximate surface area is 210 Å². The van der Waals surface area contributed by atoms with E-state index in [1.165, 1.54) is 18.2 Å². The number of hydrogen-bond acceptors (Lipinski definition) is 6. The van der Waals surface area contributed by atoms with Gasteiger partial charge in [0.2, 0.25) is 11.2 Å². The Kier molecular flexibility index (Phi) is 6.05. The second-order valence-electron chi connectivity index (χ2n) is 7.80. The number of esters is 1. The van der Waals surface area contributed by atoms with Crippen LogP contribution < -0.4 is 10.2 Å². The Hall–Kier alpha value is -3.69. The number of alkyl halides is 3. The summed E-state index contributed by atoms with van der Waals surface area (Å²) >= 11 is 7.03. The fourth-order valence-electron chi connectivity index (χ4n) is 3.79. The van der Waals surface area contributed by atoms with Crippen LogP contribution in [0.1, 0.15) is 28.6 Å². The van der Waals surface area contributed by atoms with Gasteiger partial charge in [0.05, 0.1) is 26.2 Å². The summed E-state index contributed by atoms with van der Waals surface area (Å²) in [6, 6.07) is 15.5. The van der Waals surface area contributed by atoms with Crippen molar-refractivity contribution in [2.75, 3.05) is 0 Å². The molecule has 0 radical (unpaired) electrons. The Morgan fingerprint density at radius 1 is 1.11 bits per heavy atom. The number of halogens is 4. The maximum absolute atomic E-state index is 14.1. The molecular weight excluding hydrogens is 515 g/mol. The molecule has 0 aliphatic heterocycles. The molecule has 0 atom stereocenters. The van der Waals surface area contributed by atoms with Gasteiger partial charge in [-0.3, -0.25) is 4.79 Å². The first kappa shape index (κ1) is 24.0. The number of carbonyl (C=O) groups is 1. The average molecular weight is 530 g/mol. The number of aromatic nitrogens is 1. The van der Waals surface area contributed by atoms with E-state index in [1.54, 1.807) is 43.3 Å². The molecule has 3 aromatic carbocycles. The lowest BCUT2D eigenvalue weighted by Gasteiger charge is -2.14. The molecule has 5 rings (SSSR count). The summed E-state index contributed by atoms with van der Waals surface area (Å²) in [7, 11) is 0. The Balaban J connectivity index is 1.70. The van der Waals surface area contributed by atoms with Crippen molar-refractivity contribution in [2.45, 2.75) is 19.5 Å². The summed E-state index contributed by atoms with van der Waals surface area (Å²) in [6.45, 7) is 1.76. The summed E-state index contributed by atoms with van der Waals surface area (Å²) in [5.74, 6) is -2.29. The van der Waals surface area contributed by atoms with Crippen molar-refractivity contribution in [2.24, 2.45) is 0 Å². The second-order valence-corrected chi connectivity index (χ2v) is 9.24. The third-order valence-corrected chi connectivity index (χ3v) is 6.90. The quantitative estimate of drug-likeness (QED) is 0.178. The lowest BCUT2D eigenvalue weighted by atomic mass is 10.0. The highest BCUT2D eigenvalue weighted by molar-refractivity contribution is 7.21. The number of carbonyl (C=O) groups excluding carboxylic acids is 1. The molecule has 2 aromatic heterocycles. The number of nitrogens with zero attached hydrogens (tertiary/aromatic N) is 1. The molecule has 2 heterocycles. The molecule has 5 nitrogen and oxygen atoms in total. The van der Waals surface area contributed by atoms with E-state index in [2.05, 4.69) is 4.98 Å². The van der Waals surface area contributed by atoms with Gasteiger partial charge in [-0.05, 0) is 42.3 Å². The SMILES string of the molecule is CCc1cc2c(=O)c(-c3nc4ccccc4s3)c(C(F)(F)F)oc2cc1OC(=O)c1ccccc1Cl. The fourth-order valence-corrected chi connectivity index (χ4v) is 5.01. The molecule has 0 N–H and O–H groups in total. The normalized spacial score (nSPS) is 11.8. The van der Waals surface area contributed by atoms with Crippen LogP contribution in [-0.2, 0) is 12.6 Å². The highest BCUT2D eigenvalue weighted by atomic mass is 35.5. The van der Waals surface area contributed by atoms with E-state index in [0.717, 1.165) is 17.4 Å². The molecule has 0 unspecified atom stereocenters. The van der Waals surface area contributed by atoms with Crippen molar-refractivity contribution in [3.63, 3.8) is 0 Å². The molecule has 0 saturated carbocycles. The lowest BCUT2D eigenvalue weighted by Crippen LogP contribution is -2.16. The van der Waals surface area contributed by atoms with E-state index in [0.29, 0.717) is 22.2 Å². The van der Waals surface area contributed by atoms with Gasteiger partial charge < -0.3 is 9.15 Å². The van der Waals surface area contributed by atoms with Gasteiger partial charge in [-0.15, -0.1) is 11.3 Å². The van der Waals surface area contributed by atoms with Crippen molar-refractivity contribution < 1.29 is 27.1 Å². The van der Waals surface area contributed by atoms with Gasteiger partial charge in [-0.2, -0.15) is 13.2 Å². The molecule has 0 amide bonds. The van der Waals surface area contributed by atoms with E-state index in [-0.39, 0.29) is 32.3 Å². The number of aryl methyl sites for hydroxylation is 1. The maximum Gasteiger partial charge on any atom is 0.450 e. The topological polar surface area (TPSA) is 69.4 Å². The second kappa shape index (κ2) is 9.07. The minimum absolute atomic E-state index is 0.0288. The Morgan fingerprint density at radius 2 is 1.83 bits per heavy atom. The molecule has 10 heteroatoms. The molecule has 0 saturated heterocycles. The largest absolute Gasteiger partial charge is 0.450 e. The molecule has 0 spiro atoms. The summed E-state index contributed by atoms with van der Waals surface area (Å²) in [5.41, 5.74) is -0.895. The molecule has 182 valence electrons. The molecule has 5 aromatic rings. The first-order chi connectivity index (χ1) is 17.2. The van der Waals surface area contributed by atoms with Crippen molar-refractivity contribution in [3.8, 4) is 16.3 Å². The standard InChI is InChI=1S/C26H15ClF3NO4S/c1-2-13-11-15-19(12-18(13)35-25(33)14-7-3-4-8-16(14)27)34-23(26(28,29)30)21(22(15)32)24-31-17-9-5-6-10-20(17)36-24/h3-12H,2H2,1H3. The van der Waals surface area contributed by atoms with Gasteiger partial charge in [-0.1, -0.05) is 42.8 Å². The van der Waals surface area contributed by atoms with Crippen LogP contribution in [0.5, 0.6) is 5.75 Å². The van der Waals surface area contributed by atoms with E-state index in [1.807, 2.05) is 0 Å². The highest BCUT2D eigenvalue weighted by Crippen LogP contribution is 2.40. The molecule has 0 aliphatic carbocycles. The monoisotopic (exact) mass is 529 g/mol. The maximum atomic E-state index is 14.1. The van der Waals surface area contributed by atoms with Gasteiger partial charge in [0, 0.05) is 6.07 Å². The van der Waals surface area contributed by atoms with Crippen LogP contribution in [0.4, 0.5) is 13.2 Å². The summed E-state index contributed by atoms with van der Waals surface area (Å²) in [6.07, 6.45) is -4.64. The van der Waals surface area contributed by atoms with E-state index >= 15 is 0 Å². The molecule has 0 bridgehead atoms. The number of hydrogen-bond donors (Lipinski definition) is 0. The van der Waals surface area contributed by atoms with Crippen LogP contribution in [-0.4, -0.2) is 11.0 Å². The first-order valence-corrected chi connectivity index (χ1v) is 11.9. The highest BCUT2D eigenvalue weighted by Gasteiger charge is 2.40. The fraction of sp³-hybridized carbons (Fsp3) is 0.115. The van der Waals surface area contributed by atoms with Crippen molar-refractivity contribution in [1.29, 1.82) is 0 Å². The third-order valence-electron chi connectivity index (χ3n) is 5.52. The van der Waals surface area contributed by atoms with E-state index in [9.17, 15) is 22.8 Å². The van der Waals surface area contributed by atoms with Crippen LogP contribution in [0.2, 0.25) is 5.02 Å². The van der Waals surface area contributed by atoms with Gasteiger partial charge >= 0.3 is 12.1 Å². The summed E-state index contributed by atoms with van der Waals surface area (Å²) in [4.78, 5) is 30.3. The zero-order valence-electron chi connectivity index (χ0n) is 18.5. The molecule has 0 fully saturated rings. The number of fused-ring (bicyclic) bond motifs is 2. The summed E-state index contributed by atoms with van der Waals surface area (Å²) in [5, 5.41) is -0.00852. The predicted molar refractivity (Wildman–Crippen MR) is 132 cm³/mol. The minimum Gasteiger partial charge on any atom is -0.450 e. The van der Waals surface area contributed by atoms with E-state index < -0.39 is 28.9 Å². The third kappa shape index (κ3) is 4.25. The van der Waals surface area contributed by atoms with Crippen LogP contribution in [0, 0.1) is 0 Å². The van der Waals surface area contributed by atoms with Crippen molar-refractivity contribution in [1.82, 2.24) is 4.98 Å². The number of rotatable bonds is 4. The van der Waals surface area contributed by atoms with Crippen LogP contribution in [0.25, 0.3) is 31.8 Å². The number of para-hydroxylation sites is 1. The zero-order chi connectivity index (χ0) is 25.6. The van der Waals surface area contributed by atoms with Crippen LogP contribution in [0.3, 0.4) is 0 Å². The van der Waals surface area contributed by atoms with Gasteiger partial charge in [-0.25, -0.2) is 9.78 Å².